The van der Waals surface area contributed by atoms with Crippen LogP contribution in [-0.4, -0.2) is 36.9 Å². The topological polar surface area (TPSA) is 48.0 Å². The Balaban J connectivity index is 2.01. The molecule has 21 heavy (non-hydrogen) atoms. The van der Waals surface area contributed by atoms with Crippen molar-refractivity contribution in [3.8, 4) is 11.5 Å². The fourth-order valence-corrected chi connectivity index (χ4v) is 2.15. The van der Waals surface area contributed by atoms with E-state index in [1.165, 1.54) is 0 Å². The number of hydrogen-bond donors (Lipinski definition) is 0. The van der Waals surface area contributed by atoms with Crippen molar-refractivity contribution in [2.24, 2.45) is 0 Å². The molecule has 1 heterocycles. The number of amides is 1. The Hall–Kier alpha value is -2.01. The molecule has 0 radical (unpaired) electrons. The second kappa shape index (κ2) is 7.13. The molecule has 1 aliphatic heterocycles. The third-order valence-electron chi connectivity index (χ3n) is 3.32. The van der Waals surface area contributed by atoms with Crippen LogP contribution in [0.2, 0.25) is 0 Å². The molecule has 0 unspecified atom stereocenters. The van der Waals surface area contributed by atoms with E-state index in [0.717, 1.165) is 17.1 Å². The molecule has 1 atom stereocenters. The van der Waals surface area contributed by atoms with Gasteiger partial charge in [0.15, 0.2) is 11.5 Å². The SMILES string of the molecule is C=CCO[C@@H](C)C(=O)N(CC)Cc1ccc2c(c1)OCO2. The molecule has 0 saturated carbocycles. The number of ether oxygens (including phenoxy) is 3. The molecule has 1 aromatic carbocycles. The standard InChI is InChI=1S/C16H21NO4/c1-4-8-19-12(3)16(18)17(5-2)10-13-6-7-14-15(9-13)21-11-20-14/h4,6-7,9,12H,1,5,8,10-11H2,2-3H3/t12-/m0/s1. The van der Waals surface area contributed by atoms with Gasteiger partial charge < -0.3 is 19.1 Å². The third kappa shape index (κ3) is 3.76. The Morgan fingerprint density at radius 1 is 1.48 bits per heavy atom. The van der Waals surface area contributed by atoms with Crippen molar-refractivity contribution in [2.75, 3.05) is 19.9 Å². The van der Waals surface area contributed by atoms with Crippen molar-refractivity contribution in [1.29, 1.82) is 0 Å². The van der Waals surface area contributed by atoms with E-state index in [2.05, 4.69) is 6.58 Å². The van der Waals surface area contributed by atoms with Crippen LogP contribution in [0.15, 0.2) is 30.9 Å². The molecule has 0 bridgehead atoms. The Morgan fingerprint density at radius 3 is 2.95 bits per heavy atom. The summed E-state index contributed by atoms with van der Waals surface area (Å²) in [6, 6.07) is 5.72. The van der Waals surface area contributed by atoms with Crippen molar-refractivity contribution in [2.45, 2.75) is 26.5 Å². The number of benzene rings is 1. The first-order chi connectivity index (χ1) is 10.2. The fourth-order valence-electron chi connectivity index (χ4n) is 2.15. The summed E-state index contributed by atoms with van der Waals surface area (Å²) in [6.45, 7) is 9.05. The molecule has 0 aromatic heterocycles. The van der Waals surface area contributed by atoms with E-state index in [-0.39, 0.29) is 12.7 Å². The number of nitrogens with zero attached hydrogens (tertiary/aromatic N) is 1. The van der Waals surface area contributed by atoms with Crippen LogP contribution < -0.4 is 9.47 Å². The minimum atomic E-state index is -0.475. The zero-order valence-electron chi connectivity index (χ0n) is 12.5. The third-order valence-corrected chi connectivity index (χ3v) is 3.32. The zero-order chi connectivity index (χ0) is 15.2. The molecule has 2 rings (SSSR count). The molecule has 0 N–H and O–H groups in total. The van der Waals surface area contributed by atoms with Crippen molar-refractivity contribution in [1.82, 2.24) is 4.90 Å². The number of hydrogen-bond acceptors (Lipinski definition) is 4. The van der Waals surface area contributed by atoms with Crippen molar-refractivity contribution < 1.29 is 19.0 Å². The van der Waals surface area contributed by atoms with Crippen molar-refractivity contribution in [3.05, 3.63) is 36.4 Å². The van der Waals surface area contributed by atoms with E-state index in [0.29, 0.717) is 19.7 Å². The maximum atomic E-state index is 12.3. The number of rotatable bonds is 7. The summed E-state index contributed by atoms with van der Waals surface area (Å²) in [5.41, 5.74) is 1.00. The zero-order valence-corrected chi connectivity index (χ0v) is 12.5. The first-order valence-electron chi connectivity index (χ1n) is 7.05. The van der Waals surface area contributed by atoms with Gasteiger partial charge in [-0.25, -0.2) is 0 Å². The second-order valence-electron chi connectivity index (χ2n) is 4.80. The van der Waals surface area contributed by atoms with Crippen LogP contribution in [0.3, 0.4) is 0 Å². The van der Waals surface area contributed by atoms with Gasteiger partial charge in [-0.1, -0.05) is 12.1 Å². The van der Waals surface area contributed by atoms with Crippen LogP contribution in [0.4, 0.5) is 0 Å². The van der Waals surface area contributed by atoms with Crippen LogP contribution in [0, 0.1) is 0 Å². The Labute approximate surface area is 125 Å². The maximum absolute atomic E-state index is 12.3. The summed E-state index contributed by atoms with van der Waals surface area (Å²) in [5, 5.41) is 0. The summed E-state index contributed by atoms with van der Waals surface area (Å²) < 4.78 is 16.0. The fraction of sp³-hybridized carbons (Fsp3) is 0.438. The van der Waals surface area contributed by atoms with Gasteiger partial charge in [0.2, 0.25) is 6.79 Å². The lowest BCUT2D eigenvalue weighted by Gasteiger charge is -2.24. The Kier molecular flexibility index (Phi) is 5.22. The second-order valence-corrected chi connectivity index (χ2v) is 4.80. The van der Waals surface area contributed by atoms with Crippen LogP contribution in [0.1, 0.15) is 19.4 Å². The van der Waals surface area contributed by atoms with E-state index in [1.54, 1.807) is 17.9 Å². The van der Waals surface area contributed by atoms with Gasteiger partial charge in [-0.15, -0.1) is 6.58 Å². The Bertz CT molecular complexity index is 515. The number of carbonyl (C=O) groups is 1. The van der Waals surface area contributed by atoms with Crippen molar-refractivity contribution >= 4 is 5.91 Å². The summed E-state index contributed by atoms with van der Waals surface area (Å²) in [5.74, 6) is 1.44. The predicted octanol–water partition coefficient (Wildman–Crippen LogP) is 2.35. The lowest BCUT2D eigenvalue weighted by atomic mass is 10.1. The average molecular weight is 291 g/mol. The van der Waals surface area contributed by atoms with Gasteiger partial charge in [-0.05, 0) is 31.5 Å². The van der Waals surface area contributed by atoms with E-state index in [4.69, 9.17) is 14.2 Å². The minimum Gasteiger partial charge on any atom is -0.454 e. The lowest BCUT2D eigenvalue weighted by molar-refractivity contribution is -0.142. The molecule has 0 spiro atoms. The van der Waals surface area contributed by atoms with Gasteiger partial charge >= 0.3 is 0 Å². The largest absolute Gasteiger partial charge is 0.454 e. The molecular weight excluding hydrogens is 270 g/mol. The highest BCUT2D eigenvalue weighted by molar-refractivity contribution is 5.80. The van der Waals surface area contributed by atoms with Crippen LogP contribution >= 0.6 is 0 Å². The lowest BCUT2D eigenvalue weighted by Crippen LogP contribution is -2.38. The highest BCUT2D eigenvalue weighted by atomic mass is 16.7. The summed E-state index contributed by atoms with van der Waals surface area (Å²) in [6.07, 6.45) is 1.16. The smallest absolute Gasteiger partial charge is 0.251 e. The van der Waals surface area contributed by atoms with Crippen LogP contribution in [0.5, 0.6) is 11.5 Å². The van der Waals surface area contributed by atoms with E-state index in [9.17, 15) is 4.79 Å². The molecule has 1 amide bonds. The molecule has 114 valence electrons. The van der Waals surface area contributed by atoms with E-state index >= 15 is 0 Å². The van der Waals surface area contributed by atoms with E-state index in [1.807, 2.05) is 25.1 Å². The monoisotopic (exact) mass is 291 g/mol. The van der Waals surface area contributed by atoms with Gasteiger partial charge in [0, 0.05) is 13.1 Å². The number of likely N-dealkylation sites (N-methyl/N-ethyl adjacent to an activating group) is 1. The van der Waals surface area contributed by atoms with Crippen LogP contribution in [0.25, 0.3) is 0 Å². The minimum absolute atomic E-state index is 0.0305. The van der Waals surface area contributed by atoms with Crippen LogP contribution in [-0.2, 0) is 16.1 Å². The number of carbonyl (C=O) groups excluding carboxylic acids is 1. The van der Waals surface area contributed by atoms with Gasteiger partial charge in [0.1, 0.15) is 6.10 Å². The summed E-state index contributed by atoms with van der Waals surface area (Å²) >= 11 is 0. The van der Waals surface area contributed by atoms with E-state index < -0.39 is 6.10 Å². The highest BCUT2D eigenvalue weighted by Gasteiger charge is 2.21. The molecule has 0 fully saturated rings. The summed E-state index contributed by atoms with van der Waals surface area (Å²) in [7, 11) is 0. The number of fused-ring (bicyclic) bond motifs is 1. The first-order valence-corrected chi connectivity index (χ1v) is 7.05. The highest BCUT2D eigenvalue weighted by Crippen LogP contribution is 2.32. The summed E-state index contributed by atoms with van der Waals surface area (Å²) in [4.78, 5) is 14.1. The molecule has 1 aromatic rings. The van der Waals surface area contributed by atoms with Gasteiger partial charge in [0.05, 0.1) is 6.61 Å². The van der Waals surface area contributed by atoms with Gasteiger partial charge in [0.25, 0.3) is 5.91 Å². The Morgan fingerprint density at radius 2 is 2.24 bits per heavy atom. The molecular formula is C16H21NO4. The van der Waals surface area contributed by atoms with Crippen molar-refractivity contribution in [3.63, 3.8) is 0 Å². The molecule has 0 saturated heterocycles. The average Bonchev–Trinajstić information content (AvgIpc) is 2.97. The van der Waals surface area contributed by atoms with Gasteiger partial charge in [-0.3, -0.25) is 4.79 Å². The molecule has 1 aliphatic rings. The molecule has 5 nitrogen and oxygen atoms in total. The normalized spacial score (nSPS) is 13.8. The quantitative estimate of drug-likeness (QED) is 0.724. The maximum Gasteiger partial charge on any atom is 0.251 e. The molecule has 5 heteroatoms. The first kappa shape index (κ1) is 15.4. The van der Waals surface area contributed by atoms with Gasteiger partial charge in [-0.2, -0.15) is 0 Å². The molecule has 0 aliphatic carbocycles. The predicted molar refractivity (Wildman–Crippen MR) is 79.3 cm³/mol.